The van der Waals surface area contributed by atoms with Gasteiger partial charge in [0, 0.05) is 6.04 Å². The van der Waals surface area contributed by atoms with Crippen LogP contribution < -0.4 is 15.4 Å². The average Bonchev–Trinajstić information content (AvgIpc) is 2.54. The van der Waals surface area contributed by atoms with Crippen LogP contribution in [0.4, 0.5) is 10.5 Å². The highest BCUT2D eigenvalue weighted by molar-refractivity contribution is 5.91. The molecule has 1 fully saturated rings. The van der Waals surface area contributed by atoms with E-state index in [2.05, 4.69) is 16.6 Å². The third-order valence-corrected chi connectivity index (χ3v) is 3.86. The predicted molar refractivity (Wildman–Crippen MR) is 86.3 cm³/mol. The van der Waals surface area contributed by atoms with Crippen LogP contribution in [-0.2, 0) is 4.79 Å². The molecule has 6 nitrogen and oxygen atoms in total. The van der Waals surface area contributed by atoms with Gasteiger partial charge in [-0.05, 0) is 37.8 Å². The molecular weight excluding hydrogens is 296 g/mol. The molecule has 0 radical (unpaired) electrons. The number of terminal acetylenes is 1. The van der Waals surface area contributed by atoms with E-state index < -0.39 is 5.97 Å². The minimum Gasteiger partial charge on any atom is -0.481 e. The molecule has 2 amide bonds. The molecule has 122 valence electrons. The Morgan fingerprint density at radius 3 is 2.61 bits per heavy atom. The molecule has 1 aromatic carbocycles. The summed E-state index contributed by atoms with van der Waals surface area (Å²) < 4.78 is 5.37. The number of anilines is 1. The van der Waals surface area contributed by atoms with Crippen molar-refractivity contribution >= 4 is 17.7 Å². The Bertz CT molecular complexity index is 601. The predicted octanol–water partition coefficient (Wildman–Crippen LogP) is 2.46. The van der Waals surface area contributed by atoms with E-state index in [0.717, 1.165) is 0 Å². The van der Waals surface area contributed by atoms with E-state index in [4.69, 9.17) is 16.3 Å². The minimum atomic E-state index is -0.757. The van der Waals surface area contributed by atoms with Crippen molar-refractivity contribution in [2.45, 2.75) is 31.7 Å². The SMILES string of the molecule is C#CCOc1ccccc1NC(=O)NC1CCC(C(=O)O)CC1. The van der Waals surface area contributed by atoms with Gasteiger partial charge in [0.2, 0.25) is 0 Å². The third-order valence-electron chi connectivity index (χ3n) is 3.86. The van der Waals surface area contributed by atoms with Gasteiger partial charge in [-0.1, -0.05) is 18.1 Å². The zero-order valence-corrected chi connectivity index (χ0v) is 12.7. The molecule has 6 heteroatoms. The molecule has 0 unspecified atom stereocenters. The fraction of sp³-hybridized carbons (Fsp3) is 0.412. The number of urea groups is 1. The fourth-order valence-corrected chi connectivity index (χ4v) is 2.64. The molecule has 0 aromatic heterocycles. The van der Waals surface area contributed by atoms with Gasteiger partial charge in [-0.25, -0.2) is 4.79 Å². The van der Waals surface area contributed by atoms with E-state index in [0.29, 0.717) is 37.1 Å². The maximum Gasteiger partial charge on any atom is 0.319 e. The summed E-state index contributed by atoms with van der Waals surface area (Å²) in [7, 11) is 0. The Morgan fingerprint density at radius 2 is 1.96 bits per heavy atom. The Kier molecular flexibility index (Phi) is 5.87. The second-order valence-corrected chi connectivity index (χ2v) is 5.47. The molecule has 1 saturated carbocycles. The normalized spacial score (nSPS) is 20.1. The van der Waals surface area contributed by atoms with Gasteiger partial charge in [0.05, 0.1) is 11.6 Å². The maximum absolute atomic E-state index is 12.1. The molecule has 0 heterocycles. The largest absolute Gasteiger partial charge is 0.481 e. The molecule has 0 atom stereocenters. The number of amides is 2. The second-order valence-electron chi connectivity index (χ2n) is 5.47. The van der Waals surface area contributed by atoms with Crippen LogP contribution in [0.3, 0.4) is 0 Å². The van der Waals surface area contributed by atoms with Crippen molar-refractivity contribution < 1.29 is 19.4 Å². The zero-order chi connectivity index (χ0) is 16.7. The quantitative estimate of drug-likeness (QED) is 0.728. The van der Waals surface area contributed by atoms with Crippen LogP contribution in [-0.4, -0.2) is 29.8 Å². The molecule has 1 aromatic rings. The molecule has 23 heavy (non-hydrogen) atoms. The standard InChI is InChI=1S/C17H20N2O4/c1-2-11-23-15-6-4-3-5-14(15)19-17(22)18-13-9-7-12(8-10-13)16(20)21/h1,3-6,12-13H,7-11H2,(H,20,21)(H2,18,19,22). The molecule has 2 rings (SSSR count). The summed E-state index contributed by atoms with van der Waals surface area (Å²) in [6, 6.07) is 6.70. The minimum absolute atomic E-state index is 0.00982. The summed E-state index contributed by atoms with van der Waals surface area (Å²) in [5, 5.41) is 14.6. The van der Waals surface area contributed by atoms with E-state index in [1.165, 1.54) is 0 Å². The lowest BCUT2D eigenvalue weighted by Gasteiger charge is -2.27. The molecule has 3 N–H and O–H groups in total. The van der Waals surface area contributed by atoms with Gasteiger partial charge in [-0.15, -0.1) is 6.42 Å². The number of hydrogen-bond acceptors (Lipinski definition) is 3. The first-order valence-corrected chi connectivity index (χ1v) is 7.55. The summed E-state index contributed by atoms with van der Waals surface area (Å²) in [6.45, 7) is 0.125. The number of rotatable bonds is 5. The number of carbonyl (C=O) groups excluding carboxylic acids is 1. The van der Waals surface area contributed by atoms with Gasteiger partial charge >= 0.3 is 12.0 Å². The van der Waals surface area contributed by atoms with Crippen molar-refractivity contribution in [1.82, 2.24) is 5.32 Å². The van der Waals surface area contributed by atoms with Crippen molar-refractivity contribution in [2.75, 3.05) is 11.9 Å². The summed E-state index contributed by atoms with van der Waals surface area (Å²) in [6.07, 6.45) is 7.67. The van der Waals surface area contributed by atoms with E-state index >= 15 is 0 Å². The number of nitrogens with one attached hydrogen (secondary N) is 2. The van der Waals surface area contributed by atoms with E-state index in [9.17, 15) is 9.59 Å². The average molecular weight is 316 g/mol. The first-order valence-electron chi connectivity index (χ1n) is 7.55. The van der Waals surface area contributed by atoms with Gasteiger partial charge in [0.1, 0.15) is 12.4 Å². The van der Waals surface area contributed by atoms with Crippen molar-refractivity contribution in [1.29, 1.82) is 0 Å². The van der Waals surface area contributed by atoms with Gasteiger partial charge in [0.25, 0.3) is 0 Å². The van der Waals surface area contributed by atoms with Crippen molar-refractivity contribution in [3.8, 4) is 18.1 Å². The summed E-state index contributed by atoms with van der Waals surface area (Å²) in [4.78, 5) is 23.0. The fourth-order valence-electron chi connectivity index (χ4n) is 2.64. The molecular formula is C17H20N2O4. The number of benzene rings is 1. The number of hydrogen-bond donors (Lipinski definition) is 3. The number of aliphatic carboxylic acids is 1. The molecule has 0 aliphatic heterocycles. The monoisotopic (exact) mass is 316 g/mol. The topological polar surface area (TPSA) is 87.7 Å². The van der Waals surface area contributed by atoms with Crippen LogP contribution in [0, 0.1) is 18.3 Å². The summed E-state index contributed by atoms with van der Waals surface area (Å²) >= 11 is 0. The summed E-state index contributed by atoms with van der Waals surface area (Å²) in [5.41, 5.74) is 0.541. The van der Waals surface area contributed by atoms with Crippen LogP contribution in [0.15, 0.2) is 24.3 Å². The van der Waals surface area contributed by atoms with Gasteiger partial charge < -0.3 is 20.5 Å². The van der Waals surface area contributed by atoms with Crippen molar-refractivity contribution in [3.05, 3.63) is 24.3 Å². The number of carbonyl (C=O) groups is 2. The summed E-state index contributed by atoms with van der Waals surface area (Å²) in [5.74, 6) is 1.83. The number of ether oxygens (including phenoxy) is 1. The highest BCUT2D eigenvalue weighted by Crippen LogP contribution is 2.26. The first-order chi connectivity index (χ1) is 11.1. The lowest BCUT2D eigenvalue weighted by Crippen LogP contribution is -2.41. The lowest BCUT2D eigenvalue weighted by molar-refractivity contribution is -0.142. The van der Waals surface area contributed by atoms with E-state index in [1.54, 1.807) is 24.3 Å². The Hall–Kier alpha value is -2.68. The number of para-hydroxylation sites is 2. The van der Waals surface area contributed by atoms with Crippen molar-refractivity contribution in [3.63, 3.8) is 0 Å². The van der Waals surface area contributed by atoms with Gasteiger partial charge in [0.15, 0.2) is 0 Å². The number of carboxylic acid groups (broad SMARTS) is 1. The second kappa shape index (κ2) is 8.08. The van der Waals surface area contributed by atoms with Gasteiger partial charge in [-0.3, -0.25) is 4.79 Å². The lowest BCUT2D eigenvalue weighted by atomic mass is 9.86. The first kappa shape index (κ1) is 16.7. The Balaban J connectivity index is 1.86. The molecule has 0 saturated heterocycles. The Labute approximate surface area is 135 Å². The van der Waals surface area contributed by atoms with E-state index in [-0.39, 0.29) is 24.6 Å². The van der Waals surface area contributed by atoms with Crippen LogP contribution in [0.25, 0.3) is 0 Å². The number of carboxylic acids is 1. The third kappa shape index (κ3) is 4.92. The van der Waals surface area contributed by atoms with Crippen LogP contribution >= 0.6 is 0 Å². The molecule has 0 spiro atoms. The van der Waals surface area contributed by atoms with Gasteiger partial charge in [-0.2, -0.15) is 0 Å². The molecule has 0 bridgehead atoms. The Morgan fingerprint density at radius 1 is 1.26 bits per heavy atom. The molecule has 1 aliphatic carbocycles. The van der Waals surface area contributed by atoms with E-state index in [1.807, 2.05) is 0 Å². The maximum atomic E-state index is 12.1. The highest BCUT2D eigenvalue weighted by Gasteiger charge is 2.26. The van der Waals surface area contributed by atoms with Crippen LogP contribution in [0.1, 0.15) is 25.7 Å². The van der Waals surface area contributed by atoms with Crippen LogP contribution in [0.2, 0.25) is 0 Å². The molecule has 1 aliphatic rings. The van der Waals surface area contributed by atoms with Crippen LogP contribution in [0.5, 0.6) is 5.75 Å². The van der Waals surface area contributed by atoms with Crippen molar-refractivity contribution in [2.24, 2.45) is 5.92 Å². The zero-order valence-electron chi connectivity index (χ0n) is 12.7. The smallest absolute Gasteiger partial charge is 0.319 e. The highest BCUT2D eigenvalue weighted by atomic mass is 16.5.